The maximum atomic E-state index is 5.10. The average molecular weight is 546 g/mol. The topological polar surface area (TPSA) is 79.8 Å². The molecule has 0 aliphatic carbocycles. The highest BCUT2D eigenvalue weighted by Crippen LogP contribution is 2.41. The van der Waals surface area contributed by atoms with Crippen LogP contribution in [-0.2, 0) is 0 Å². The van der Waals surface area contributed by atoms with Gasteiger partial charge in [0, 0.05) is 54.9 Å². The molecule has 5 heterocycles. The standard InChI is InChI=1S/C32H35N9/c1-6-7-21-40(28-27(25-15-9-8-13-23(25)2)37-31-35-17-11-19-38(28)31)41(32(3,4)5)29-26(24-14-10-16-33-22-24)36-30-34-18-12-20-39(29)30/h8-20,22H,6-7,21H2,1-5H3. The molecule has 0 radical (unpaired) electrons. The van der Waals surface area contributed by atoms with E-state index in [0.717, 1.165) is 59.1 Å². The second kappa shape index (κ2) is 10.6. The van der Waals surface area contributed by atoms with E-state index in [9.17, 15) is 0 Å². The molecule has 0 saturated heterocycles. The molecule has 0 saturated carbocycles. The van der Waals surface area contributed by atoms with Gasteiger partial charge >= 0.3 is 0 Å². The molecule has 41 heavy (non-hydrogen) atoms. The lowest BCUT2D eigenvalue weighted by Gasteiger charge is -2.46. The highest BCUT2D eigenvalue weighted by molar-refractivity contribution is 5.83. The first-order chi connectivity index (χ1) is 19.9. The Labute approximate surface area is 240 Å². The van der Waals surface area contributed by atoms with Crippen LogP contribution in [0.4, 0.5) is 11.6 Å². The number of rotatable bonds is 8. The fourth-order valence-electron chi connectivity index (χ4n) is 5.32. The molecule has 0 aliphatic rings. The first-order valence-electron chi connectivity index (χ1n) is 14.1. The fraction of sp³-hybridized carbons (Fsp3) is 0.281. The Bertz CT molecular complexity index is 1800. The van der Waals surface area contributed by atoms with E-state index in [-0.39, 0.29) is 5.54 Å². The summed E-state index contributed by atoms with van der Waals surface area (Å²) in [7, 11) is 0. The van der Waals surface area contributed by atoms with Crippen molar-refractivity contribution < 1.29 is 0 Å². The predicted octanol–water partition coefficient (Wildman–Crippen LogP) is 6.64. The van der Waals surface area contributed by atoms with E-state index < -0.39 is 0 Å². The van der Waals surface area contributed by atoms with Crippen LogP contribution < -0.4 is 10.0 Å². The minimum Gasteiger partial charge on any atom is -0.268 e. The summed E-state index contributed by atoms with van der Waals surface area (Å²) in [5.41, 5.74) is 4.50. The molecule has 0 N–H and O–H groups in total. The smallest absolute Gasteiger partial charge is 0.236 e. The highest BCUT2D eigenvalue weighted by atomic mass is 15.7. The van der Waals surface area contributed by atoms with Crippen LogP contribution in [0, 0.1) is 6.92 Å². The van der Waals surface area contributed by atoms with Crippen LogP contribution in [0.5, 0.6) is 0 Å². The molecular weight excluding hydrogens is 510 g/mol. The number of nitrogens with zero attached hydrogens (tertiary/aromatic N) is 9. The number of hydrogen-bond acceptors (Lipinski definition) is 7. The van der Waals surface area contributed by atoms with Crippen molar-refractivity contribution in [1.29, 1.82) is 0 Å². The number of imidazole rings is 2. The molecule has 0 unspecified atom stereocenters. The van der Waals surface area contributed by atoms with Gasteiger partial charge in [0.2, 0.25) is 11.6 Å². The monoisotopic (exact) mass is 545 g/mol. The van der Waals surface area contributed by atoms with Gasteiger partial charge in [-0.05, 0) is 63.9 Å². The Morgan fingerprint density at radius 2 is 1.46 bits per heavy atom. The highest BCUT2D eigenvalue weighted by Gasteiger charge is 2.36. The molecule has 5 aromatic heterocycles. The molecule has 9 heteroatoms. The van der Waals surface area contributed by atoms with Crippen molar-refractivity contribution in [2.75, 3.05) is 16.6 Å². The SMILES string of the molecule is CCCCN(c1c(-c2ccccc2C)nc2ncccn12)N(c1c(-c2cccnc2)nc2ncccn12)C(C)(C)C. The molecule has 0 aliphatic heterocycles. The summed E-state index contributed by atoms with van der Waals surface area (Å²) in [4.78, 5) is 23.8. The van der Waals surface area contributed by atoms with Gasteiger partial charge in [-0.3, -0.25) is 23.8 Å². The average Bonchev–Trinajstić information content (AvgIpc) is 3.54. The number of benzene rings is 1. The molecular formula is C32H35N9. The largest absolute Gasteiger partial charge is 0.268 e. The van der Waals surface area contributed by atoms with Crippen molar-refractivity contribution in [3.8, 4) is 22.5 Å². The minimum atomic E-state index is -0.369. The molecule has 0 atom stereocenters. The lowest BCUT2D eigenvalue weighted by atomic mass is 10.0. The predicted molar refractivity (Wildman–Crippen MR) is 164 cm³/mol. The normalized spacial score (nSPS) is 11.8. The van der Waals surface area contributed by atoms with Crippen molar-refractivity contribution in [2.24, 2.45) is 0 Å². The Balaban J connectivity index is 1.69. The third kappa shape index (κ3) is 4.77. The number of pyridine rings is 1. The van der Waals surface area contributed by atoms with Crippen LogP contribution in [0.15, 0.2) is 85.7 Å². The number of hydrogen-bond donors (Lipinski definition) is 0. The van der Waals surface area contributed by atoms with Crippen LogP contribution in [0.3, 0.4) is 0 Å². The second-order valence-electron chi connectivity index (χ2n) is 11.2. The van der Waals surface area contributed by atoms with Crippen LogP contribution in [0.2, 0.25) is 0 Å². The summed E-state index contributed by atoms with van der Waals surface area (Å²) in [5.74, 6) is 3.16. The van der Waals surface area contributed by atoms with Gasteiger partial charge in [-0.1, -0.05) is 37.6 Å². The zero-order valence-electron chi connectivity index (χ0n) is 24.2. The quantitative estimate of drug-likeness (QED) is 0.198. The molecule has 6 aromatic rings. The van der Waals surface area contributed by atoms with E-state index in [1.165, 1.54) is 0 Å². The third-order valence-corrected chi connectivity index (χ3v) is 7.14. The molecule has 6 rings (SSSR count). The van der Waals surface area contributed by atoms with E-state index in [1.54, 1.807) is 18.6 Å². The van der Waals surface area contributed by atoms with Crippen molar-refractivity contribution in [3.05, 3.63) is 91.3 Å². The van der Waals surface area contributed by atoms with Gasteiger partial charge < -0.3 is 0 Å². The number of unbranched alkanes of at least 4 members (excludes halogenated alkanes) is 1. The van der Waals surface area contributed by atoms with Crippen LogP contribution >= 0.6 is 0 Å². The first kappa shape index (κ1) is 26.4. The number of aromatic nitrogens is 7. The molecule has 9 nitrogen and oxygen atoms in total. The molecule has 0 bridgehead atoms. The number of hydrazine groups is 1. The molecule has 1 aromatic carbocycles. The Kier molecular flexibility index (Phi) is 6.86. The van der Waals surface area contributed by atoms with Gasteiger partial charge in [-0.15, -0.1) is 0 Å². The number of aryl methyl sites for hydroxylation is 1. The Hall–Kier alpha value is -4.79. The third-order valence-electron chi connectivity index (χ3n) is 7.14. The second-order valence-corrected chi connectivity index (χ2v) is 11.2. The summed E-state index contributed by atoms with van der Waals surface area (Å²) in [6.45, 7) is 11.8. The molecule has 0 amide bonds. The number of anilines is 2. The summed E-state index contributed by atoms with van der Waals surface area (Å²) >= 11 is 0. The Morgan fingerprint density at radius 3 is 2.10 bits per heavy atom. The van der Waals surface area contributed by atoms with E-state index in [0.29, 0.717) is 11.6 Å². The van der Waals surface area contributed by atoms with Crippen molar-refractivity contribution in [2.45, 2.75) is 53.0 Å². The molecule has 208 valence electrons. The lowest BCUT2D eigenvalue weighted by Crippen LogP contribution is -2.55. The van der Waals surface area contributed by atoms with Gasteiger partial charge in [0.25, 0.3) is 0 Å². The van der Waals surface area contributed by atoms with E-state index in [4.69, 9.17) is 9.97 Å². The maximum Gasteiger partial charge on any atom is 0.236 e. The zero-order chi connectivity index (χ0) is 28.6. The summed E-state index contributed by atoms with van der Waals surface area (Å²) in [5, 5.41) is 4.72. The molecule has 0 fully saturated rings. The van der Waals surface area contributed by atoms with Crippen LogP contribution in [-0.4, -0.2) is 45.8 Å². The van der Waals surface area contributed by atoms with E-state index >= 15 is 0 Å². The molecule has 0 spiro atoms. The van der Waals surface area contributed by atoms with Gasteiger partial charge in [-0.2, -0.15) is 0 Å². The lowest BCUT2D eigenvalue weighted by molar-refractivity contribution is 0.469. The summed E-state index contributed by atoms with van der Waals surface area (Å²) in [6.07, 6.45) is 13.3. The van der Waals surface area contributed by atoms with Crippen molar-refractivity contribution >= 4 is 23.2 Å². The van der Waals surface area contributed by atoms with E-state index in [2.05, 4.69) is 92.7 Å². The minimum absolute atomic E-state index is 0.369. The van der Waals surface area contributed by atoms with Crippen LogP contribution in [0.25, 0.3) is 34.1 Å². The van der Waals surface area contributed by atoms with Gasteiger partial charge in [-0.25, -0.2) is 19.9 Å². The Morgan fingerprint density at radius 1 is 0.780 bits per heavy atom. The number of fused-ring (bicyclic) bond motifs is 2. The summed E-state index contributed by atoms with van der Waals surface area (Å²) in [6, 6.07) is 16.3. The fourth-order valence-corrected chi connectivity index (χ4v) is 5.32. The van der Waals surface area contributed by atoms with Gasteiger partial charge in [0.1, 0.15) is 11.4 Å². The van der Waals surface area contributed by atoms with Crippen molar-refractivity contribution in [1.82, 2.24) is 33.7 Å². The van der Waals surface area contributed by atoms with Gasteiger partial charge in [0.15, 0.2) is 11.6 Å². The van der Waals surface area contributed by atoms with E-state index in [1.807, 2.05) is 42.9 Å². The van der Waals surface area contributed by atoms with Gasteiger partial charge in [0.05, 0.1) is 5.54 Å². The maximum absolute atomic E-state index is 5.10. The summed E-state index contributed by atoms with van der Waals surface area (Å²) < 4.78 is 4.17. The van der Waals surface area contributed by atoms with Crippen LogP contribution in [0.1, 0.15) is 46.1 Å². The zero-order valence-corrected chi connectivity index (χ0v) is 24.2. The van der Waals surface area contributed by atoms with Crippen molar-refractivity contribution in [3.63, 3.8) is 0 Å². The first-order valence-corrected chi connectivity index (χ1v) is 14.1.